The van der Waals surface area contributed by atoms with Crippen molar-refractivity contribution >= 4 is 0 Å². The third-order valence-electron chi connectivity index (χ3n) is 4.19. The second-order valence-electron chi connectivity index (χ2n) is 5.31. The molecular weight excluding hydrogens is 188 g/mol. The molecule has 15 heavy (non-hydrogen) atoms. The number of nitrogens with two attached hydrogens (primary N) is 1. The molecule has 2 saturated carbocycles. The zero-order chi connectivity index (χ0) is 10.7. The Kier molecular flexibility index (Phi) is 4.00. The Morgan fingerprint density at radius 2 is 1.93 bits per heavy atom. The molecular formula is C12H24N2O. The van der Waals surface area contributed by atoms with Crippen LogP contribution in [0.2, 0.25) is 0 Å². The SMILES string of the molecule is NC1CCC(NCC2CCCC2CO)C1. The fourth-order valence-corrected chi connectivity index (χ4v) is 3.14. The second kappa shape index (κ2) is 5.28. The molecule has 4 N–H and O–H groups in total. The lowest BCUT2D eigenvalue weighted by Gasteiger charge is -2.20. The summed E-state index contributed by atoms with van der Waals surface area (Å²) in [4.78, 5) is 0. The van der Waals surface area contributed by atoms with Crippen LogP contribution in [0.4, 0.5) is 0 Å². The van der Waals surface area contributed by atoms with Gasteiger partial charge in [-0.1, -0.05) is 6.42 Å². The number of hydrogen-bond donors (Lipinski definition) is 3. The predicted molar refractivity (Wildman–Crippen MR) is 61.5 cm³/mol. The van der Waals surface area contributed by atoms with Crippen molar-refractivity contribution in [2.24, 2.45) is 17.6 Å². The average molecular weight is 212 g/mol. The van der Waals surface area contributed by atoms with E-state index in [4.69, 9.17) is 5.73 Å². The van der Waals surface area contributed by atoms with Crippen molar-refractivity contribution in [2.45, 2.75) is 50.6 Å². The van der Waals surface area contributed by atoms with Gasteiger partial charge in [0.05, 0.1) is 0 Å². The van der Waals surface area contributed by atoms with E-state index >= 15 is 0 Å². The molecule has 4 atom stereocenters. The first-order valence-electron chi connectivity index (χ1n) is 6.39. The fourth-order valence-electron chi connectivity index (χ4n) is 3.14. The van der Waals surface area contributed by atoms with Crippen LogP contribution in [-0.4, -0.2) is 30.3 Å². The van der Waals surface area contributed by atoms with Crippen molar-refractivity contribution in [2.75, 3.05) is 13.2 Å². The highest BCUT2D eigenvalue weighted by atomic mass is 16.3. The van der Waals surface area contributed by atoms with Crippen molar-refractivity contribution in [1.29, 1.82) is 0 Å². The van der Waals surface area contributed by atoms with Gasteiger partial charge in [0.15, 0.2) is 0 Å². The Balaban J connectivity index is 1.68. The normalized spacial score (nSPS) is 41.2. The first-order valence-corrected chi connectivity index (χ1v) is 6.39. The molecule has 3 heteroatoms. The number of rotatable bonds is 4. The molecule has 0 saturated heterocycles. The molecule has 0 heterocycles. The molecule has 0 aliphatic heterocycles. The van der Waals surface area contributed by atoms with E-state index in [-0.39, 0.29) is 0 Å². The highest BCUT2D eigenvalue weighted by Gasteiger charge is 2.28. The Bertz CT molecular complexity index is 198. The van der Waals surface area contributed by atoms with Crippen molar-refractivity contribution in [3.8, 4) is 0 Å². The number of nitrogens with one attached hydrogen (secondary N) is 1. The van der Waals surface area contributed by atoms with Gasteiger partial charge in [0.25, 0.3) is 0 Å². The summed E-state index contributed by atoms with van der Waals surface area (Å²) in [6.07, 6.45) is 7.34. The van der Waals surface area contributed by atoms with Crippen LogP contribution in [-0.2, 0) is 0 Å². The highest BCUT2D eigenvalue weighted by Crippen LogP contribution is 2.31. The van der Waals surface area contributed by atoms with Gasteiger partial charge in [0.1, 0.15) is 0 Å². The summed E-state index contributed by atoms with van der Waals surface area (Å²) in [7, 11) is 0. The smallest absolute Gasteiger partial charge is 0.0462 e. The minimum atomic E-state index is 0.372. The first kappa shape index (κ1) is 11.4. The van der Waals surface area contributed by atoms with Crippen LogP contribution in [0.15, 0.2) is 0 Å². The molecule has 0 amide bonds. The van der Waals surface area contributed by atoms with Gasteiger partial charge in [-0.15, -0.1) is 0 Å². The zero-order valence-corrected chi connectivity index (χ0v) is 9.49. The number of hydrogen-bond acceptors (Lipinski definition) is 3. The van der Waals surface area contributed by atoms with Crippen LogP contribution in [0.1, 0.15) is 38.5 Å². The minimum absolute atomic E-state index is 0.372. The second-order valence-corrected chi connectivity index (χ2v) is 5.31. The molecule has 0 radical (unpaired) electrons. The molecule has 0 aromatic carbocycles. The molecule has 0 aromatic rings. The van der Waals surface area contributed by atoms with Crippen LogP contribution in [0.25, 0.3) is 0 Å². The monoisotopic (exact) mass is 212 g/mol. The maximum absolute atomic E-state index is 9.22. The van der Waals surface area contributed by atoms with Crippen molar-refractivity contribution < 1.29 is 5.11 Å². The lowest BCUT2D eigenvalue weighted by molar-refractivity contribution is 0.190. The van der Waals surface area contributed by atoms with E-state index in [2.05, 4.69) is 5.32 Å². The number of aliphatic hydroxyl groups excluding tert-OH is 1. The summed E-state index contributed by atoms with van der Waals surface area (Å²) in [6, 6.07) is 1.06. The van der Waals surface area contributed by atoms with E-state index in [1.807, 2.05) is 0 Å². The van der Waals surface area contributed by atoms with Gasteiger partial charge < -0.3 is 16.2 Å². The molecule has 0 aromatic heterocycles. The standard InChI is InChI=1S/C12H24N2O/c13-11-4-5-12(6-11)14-7-9-2-1-3-10(9)8-15/h9-12,14-15H,1-8,13H2. The highest BCUT2D eigenvalue weighted by molar-refractivity contribution is 4.85. The summed E-state index contributed by atoms with van der Waals surface area (Å²) >= 11 is 0. The number of aliphatic hydroxyl groups is 1. The van der Waals surface area contributed by atoms with Gasteiger partial charge in [0.2, 0.25) is 0 Å². The fraction of sp³-hybridized carbons (Fsp3) is 1.00. The van der Waals surface area contributed by atoms with Crippen LogP contribution in [0.5, 0.6) is 0 Å². The lowest BCUT2D eigenvalue weighted by atomic mass is 9.96. The molecule has 2 aliphatic carbocycles. The first-order chi connectivity index (χ1) is 7.29. The Labute approximate surface area is 92.4 Å². The summed E-state index contributed by atoms with van der Waals surface area (Å²) in [6.45, 7) is 1.46. The maximum Gasteiger partial charge on any atom is 0.0462 e. The van der Waals surface area contributed by atoms with Crippen LogP contribution < -0.4 is 11.1 Å². The van der Waals surface area contributed by atoms with E-state index < -0.39 is 0 Å². The third-order valence-corrected chi connectivity index (χ3v) is 4.19. The van der Waals surface area contributed by atoms with Gasteiger partial charge in [-0.25, -0.2) is 0 Å². The van der Waals surface area contributed by atoms with Crippen LogP contribution in [0, 0.1) is 11.8 Å². The predicted octanol–water partition coefficient (Wildman–Crippen LogP) is 0.864. The minimum Gasteiger partial charge on any atom is -0.396 e. The molecule has 2 aliphatic rings. The van der Waals surface area contributed by atoms with Crippen molar-refractivity contribution in [3.63, 3.8) is 0 Å². The quantitative estimate of drug-likeness (QED) is 0.648. The van der Waals surface area contributed by atoms with E-state index in [0.717, 1.165) is 13.0 Å². The molecule has 4 unspecified atom stereocenters. The Morgan fingerprint density at radius 1 is 1.13 bits per heavy atom. The molecule has 0 spiro atoms. The summed E-state index contributed by atoms with van der Waals surface area (Å²) in [5.74, 6) is 1.25. The van der Waals surface area contributed by atoms with Gasteiger partial charge in [-0.05, 0) is 50.5 Å². The van der Waals surface area contributed by atoms with E-state index in [0.29, 0.717) is 30.5 Å². The van der Waals surface area contributed by atoms with Crippen molar-refractivity contribution in [1.82, 2.24) is 5.32 Å². The molecule has 2 fully saturated rings. The third kappa shape index (κ3) is 2.92. The van der Waals surface area contributed by atoms with Gasteiger partial charge >= 0.3 is 0 Å². The summed E-state index contributed by atoms with van der Waals surface area (Å²) in [5.41, 5.74) is 5.88. The van der Waals surface area contributed by atoms with Gasteiger partial charge in [-0.2, -0.15) is 0 Å². The molecule has 2 rings (SSSR count). The molecule has 0 bridgehead atoms. The van der Waals surface area contributed by atoms with Gasteiger partial charge in [-0.3, -0.25) is 0 Å². The maximum atomic E-state index is 9.22. The van der Waals surface area contributed by atoms with E-state index in [9.17, 15) is 5.11 Å². The van der Waals surface area contributed by atoms with Crippen LogP contribution >= 0.6 is 0 Å². The summed E-state index contributed by atoms with van der Waals surface area (Å²) < 4.78 is 0. The zero-order valence-electron chi connectivity index (χ0n) is 9.49. The molecule has 88 valence electrons. The lowest BCUT2D eigenvalue weighted by Crippen LogP contribution is -2.34. The van der Waals surface area contributed by atoms with E-state index in [1.54, 1.807) is 0 Å². The van der Waals surface area contributed by atoms with Crippen molar-refractivity contribution in [3.05, 3.63) is 0 Å². The average Bonchev–Trinajstić information content (AvgIpc) is 2.83. The Hall–Kier alpha value is -0.120. The molecule has 3 nitrogen and oxygen atoms in total. The summed E-state index contributed by atoms with van der Waals surface area (Å²) in [5, 5.41) is 12.8. The largest absolute Gasteiger partial charge is 0.396 e. The van der Waals surface area contributed by atoms with Crippen LogP contribution in [0.3, 0.4) is 0 Å². The topological polar surface area (TPSA) is 58.3 Å². The Morgan fingerprint density at radius 3 is 2.60 bits per heavy atom. The van der Waals surface area contributed by atoms with E-state index in [1.165, 1.54) is 32.1 Å². The van der Waals surface area contributed by atoms with Gasteiger partial charge in [0, 0.05) is 18.7 Å².